The zero-order valence-electron chi connectivity index (χ0n) is 12.3. The third-order valence-corrected chi connectivity index (χ3v) is 3.57. The van der Waals surface area contributed by atoms with Crippen LogP contribution in [0.25, 0.3) is 16.9 Å². The van der Waals surface area contributed by atoms with Gasteiger partial charge >= 0.3 is 0 Å². The molecule has 22 heavy (non-hydrogen) atoms. The van der Waals surface area contributed by atoms with Gasteiger partial charge < -0.3 is 15.7 Å². The van der Waals surface area contributed by atoms with Crippen molar-refractivity contribution in [3.8, 4) is 5.82 Å². The van der Waals surface area contributed by atoms with Crippen LogP contribution < -0.4 is 10.6 Å². The molecule has 7 heteroatoms. The van der Waals surface area contributed by atoms with Gasteiger partial charge in [-0.15, -0.1) is 0 Å². The van der Waals surface area contributed by atoms with Gasteiger partial charge in [-0.2, -0.15) is 0 Å². The van der Waals surface area contributed by atoms with Gasteiger partial charge in [0.15, 0.2) is 11.6 Å². The number of aliphatic hydroxyl groups excluding tert-OH is 1. The molecule has 0 spiro atoms. The lowest BCUT2D eigenvalue weighted by atomic mass is 10.3. The van der Waals surface area contributed by atoms with Crippen LogP contribution in [0.1, 0.15) is 6.92 Å². The first kappa shape index (κ1) is 14.3. The van der Waals surface area contributed by atoms with E-state index in [1.807, 2.05) is 40.7 Å². The summed E-state index contributed by atoms with van der Waals surface area (Å²) in [5.41, 5.74) is 8.56. The van der Waals surface area contributed by atoms with Crippen molar-refractivity contribution >= 4 is 22.5 Å². The molecule has 0 amide bonds. The minimum Gasteiger partial charge on any atom is -0.395 e. The molecule has 0 atom stereocenters. The van der Waals surface area contributed by atoms with Gasteiger partial charge in [0.1, 0.15) is 18.3 Å². The van der Waals surface area contributed by atoms with Crippen LogP contribution in [0.15, 0.2) is 36.9 Å². The van der Waals surface area contributed by atoms with Crippen LogP contribution in [0.4, 0.5) is 11.5 Å². The van der Waals surface area contributed by atoms with E-state index in [2.05, 4.69) is 15.0 Å². The molecule has 3 aromatic rings. The molecule has 0 aliphatic heterocycles. The molecule has 0 saturated heterocycles. The van der Waals surface area contributed by atoms with Gasteiger partial charge in [0.05, 0.1) is 17.6 Å². The maximum absolute atomic E-state index is 9.17. The SMILES string of the molecule is CCN(CCO)c1ncnc(-n2cnc3ccccc32)c1N. The van der Waals surface area contributed by atoms with Gasteiger partial charge in [-0.1, -0.05) is 12.1 Å². The van der Waals surface area contributed by atoms with Crippen molar-refractivity contribution in [1.29, 1.82) is 0 Å². The van der Waals surface area contributed by atoms with Crippen molar-refractivity contribution in [2.45, 2.75) is 6.92 Å². The topological polar surface area (TPSA) is 93.1 Å². The van der Waals surface area contributed by atoms with Gasteiger partial charge in [-0.25, -0.2) is 15.0 Å². The normalized spacial score (nSPS) is 11.0. The molecule has 3 N–H and O–H groups in total. The monoisotopic (exact) mass is 298 g/mol. The lowest BCUT2D eigenvalue weighted by Gasteiger charge is -2.23. The molecule has 7 nitrogen and oxygen atoms in total. The van der Waals surface area contributed by atoms with Crippen LogP contribution in [0, 0.1) is 0 Å². The average molecular weight is 298 g/mol. The van der Waals surface area contributed by atoms with Crippen molar-refractivity contribution in [2.75, 3.05) is 30.3 Å². The van der Waals surface area contributed by atoms with Gasteiger partial charge in [0.25, 0.3) is 0 Å². The van der Waals surface area contributed by atoms with Crippen molar-refractivity contribution in [3.05, 3.63) is 36.9 Å². The number of para-hydroxylation sites is 2. The van der Waals surface area contributed by atoms with E-state index in [-0.39, 0.29) is 6.61 Å². The van der Waals surface area contributed by atoms with E-state index in [9.17, 15) is 5.11 Å². The molecule has 114 valence electrons. The molecule has 0 bridgehead atoms. The molecule has 0 unspecified atom stereocenters. The predicted octanol–water partition coefficient (Wildman–Crippen LogP) is 1.22. The Morgan fingerprint density at radius 2 is 2.05 bits per heavy atom. The number of aliphatic hydroxyl groups is 1. The van der Waals surface area contributed by atoms with E-state index in [1.165, 1.54) is 6.33 Å². The first-order chi connectivity index (χ1) is 10.8. The first-order valence-electron chi connectivity index (χ1n) is 7.15. The Morgan fingerprint density at radius 3 is 2.82 bits per heavy atom. The second-order valence-electron chi connectivity index (χ2n) is 4.84. The number of benzene rings is 1. The van der Waals surface area contributed by atoms with Crippen LogP contribution in [0.2, 0.25) is 0 Å². The smallest absolute Gasteiger partial charge is 0.167 e. The molecule has 0 aliphatic rings. The predicted molar refractivity (Wildman–Crippen MR) is 86.0 cm³/mol. The summed E-state index contributed by atoms with van der Waals surface area (Å²) >= 11 is 0. The molecular weight excluding hydrogens is 280 g/mol. The number of nitrogens with two attached hydrogens (primary N) is 1. The van der Waals surface area contributed by atoms with Crippen LogP contribution in [0.5, 0.6) is 0 Å². The summed E-state index contributed by atoms with van der Waals surface area (Å²) in [5, 5.41) is 9.17. The van der Waals surface area contributed by atoms with Crippen LogP contribution in [-0.4, -0.2) is 44.3 Å². The van der Waals surface area contributed by atoms with E-state index >= 15 is 0 Å². The molecule has 3 rings (SSSR count). The fourth-order valence-corrected chi connectivity index (χ4v) is 2.48. The highest BCUT2D eigenvalue weighted by Gasteiger charge is 2.16. The Morgan fingerprint density at radius 1 is 1.23 bits per heavy atom. The average Bonchev–Trinajstić information content (AvgIpc) is 2.97. The number of anilines is 2. The van der Waals surface area contributed by atoms with E-state index in [0.717, 1.165) is 11.0 Å². The Labute approximate surface area is 128 Å². The van der Waals surface area contributed by atoms with Gasteiger partial charge in [0, 0.05) is 13.1 Å². The van der Waals surface area contributed by atoms with Crippen molar-refractivity contribution in [3.63, 3.8) is 0 Å². The van der Waals surface area contributed by atoms with Gasteiger partial charge in [-0.05, 0) is 19.1 Å². The van der Waals surface area contributed by atoms with Gasteiger partial charge in [-0.3, -0.25) is 4.57 Å². The second-order valence-corrected chi connectivity index (χ2v) is 4.84. The molecule has 1 aromatic carbocycles. The standard InChI is InChI=1S/C15H18N6O/c1-2-20(7-8-22)14-13(16)15(18-9-17-14)21-10-19-11-5-3-4-6-12(11)21/h3-6,9-10,22H,2,7-8,16H2,1H3. The second kappa shape index (κ2) is 5.98. The number of nitrogens with zero attached hydrogens (tertiary/aromatic N) is 5. The Hall–Kier alpha value is -2.67. The van der Waals surface area contributed by atoms with Crippen LogP contribution >= 0.6 is 0 Å². The number of aromatic nitrogens is 4. The summed E-state index contributed by atoms with van der Waals surface area (Å²) in [7, 11) is 0. The van der Waals surface area contributed by atoms with Crippen LogP contribution in [0.3, 0.4) is 0 Å². The minimum absolute atomic E-state index is 0.0423. The van der Waals surface area contributed by atoms with E-state index < -0.39 is 0 Å². The summed E-state index contributed by atoms with van der Waals surface area (Å²) in [6, 6.07) is 7.79. The molecule has 0 fully saturated rings. The molecule has 2 aromatic heterocycles. The number of nitrogen functional groups attached to an aromatic ring is 1. The summed E-state index contributed by atoms with van der Waals surface area (Å²) < 4.78 is 1.85. The number of likely N-dealkylation sites (N-methyl/N-ethyl adjacent to an activating group) is 1. The number of hydrogen-bond donors (Lipinski definition) is 2. The Kier molecular flexibility index (Phi) is 3.88. The molecule has 0 aliphatic carbocycles. The third-order valence-electron chi connectivity index (χ3n) is 3.57. The van der Waals surface area contributed by atoms with E-state index in [0.29, 0.717) is 30.4 Å². The molecule has 2 heterocycles. The summed E-state index contributed by atoms with van der Waals surface area (Å²) in [6.07, 6.45) is 3.19. The Bertz CT molecular complexity index is 785. The molecule has 0 radical (unpaired) electrons. The Balaban J connectivity index is 2.12. The fraction of sp³-hybridized carbons (Fsp3) is 0.267. The number of hydrogen-bond acceptors (Lipinski definition) is 6. The number of imidazole rings is 1. The lowest BCUT2D eigenvalue weighted by molar-refractivity contribution is 0.302. The fourth-order valence-electron chi connectivity index (χ4n) is 2.48. The lowest BCUT2D eigenvalue weighted by Crippen LogP contribution is -2.28. The molecular formula is C15H18N6O. The van der Waals surface area contributed by atoms with E-state index in [4.69, 9.17) is 5.73 Å². The summed E-state index contributed by atoms with van der Waals surface area (Å²) in [5.74, 6) is 1.22. The van der Waals surface area contributed by atoms with E-state index in [1.54, 1.807) is 6.33 Å². The largest absolute Gasteiger partial charge is 0.395 e. The van der Waals surface area contributed by atoms with Crippen LogP contribution in [-0.2, 0) is 0 Å². The molecule has 0 saturated carbocycles. The number of fused-ring (bicyclic) bond motifs is 1. The van der Waals surface area contributed by atoms with Crippen molar-refractivity contribution in [1.82, 2.24) is 19.5 Å². The first-order valence-corrected chi connectivity index (χ1v) is 7.15. The summed E-state index contributed by atoms with van der Waals surface area (Å²) in [4.78, 5) is 14.8. The maximum Gasteiger partial charge on any atom is 0.167 e. The van der Waals surface area contributed by atoms with Gasteiger partial charge in [0.2, 0.25) is 0 Å². The number of rotatable bonds is 5. The van der Waals surface area contributed by atoms with Crippen molar-refractivity contribution < 1.29 is 5.11 Å². The van der Waals surface area contributed by atoms with Crippen molar-refractivity contribution in [2.24, 2.45) is 0 Å². The quantitative estimate of drug-likeness (QED) is 0.735. The zero-order chi connectivity index (χ0) is 15.5. The summed E-state index contributed by atoms with van der Waals surface area (Å²) in [6.45, 7) is 3.21. The maximum atomic E-state index is 9.17. The highest BCUT2D eigenvalue weighted by molar-refractivity contribution is 5.80. The zero-order valence-corrected chi connectivity index (χ0v) is 12.3. The highest BCUT2D eigenvalue weighted by Crippen LogP contribution is 2.27. The highest BCUT2D eigenvalue weighted by atomic mass is 16.3. The minimum atomic E-state index is 0.0423. The third kappa shape index (κ3) is 2.35.